The second kappa shape index (κ2) is 6.80. The molecule has 2 aromatic heterocycles. The second-order valence-corrected chi connectivity index (χ2v) is 5.29. The van der Waals surface area contributed by atoms with Crippen molar-refractivity contribution in [3.8, 4) is 17.3 Å². The second-order valence-electron chi connectivity index (χ2n) is 5.29. The molecule has 2 N–H and O–H groups in total. The van der Waals surface area contributed by atoms with Crippen molar-refractivity contribution in [3.63, 3.8) is 0 Å². The van der Waals surface area contributed by atoms with E-state index in [1.165, 1.54) is 10.7 Å². The molecule has 0 bridgehead atoms. The van der Waals surface area contributed by atoms with Gasteiger partial charge in [-0.25, -0.2) is 14.8 Å². The fourth-order valence-electron chi connectivity index (χ4n) is 2.37. The number of carboxylic acid groups (broad SMARTS) is 1. The first-order chi connectivity index (χ1) is 12.1. The minimum absolute atomic E-state index is 0.146. The van der Waals surface area contributed by atoms with Gasteiger partial charge in [-0.2, -0.15) is 10.4 Å². The lowest BCUT2D eigenvalue weighted by Crippen LogP contribution is -2.04. The fraction of sp³-hybridized carbons (Fsp3) is 0.118. The zero-order valence-corrected chi connectivity index (χ0v) is 13.3. The van der Waals surface area contributed by atoms with Crippen molar-refractivity contribution < 1.29 is 9.90 Å². The van der Waals surface area contributed by atoms with Crippen LogP contribution in [0.2, 0.25) is 0 Å². The topological polar surface area (TPSA) is 117 Å². The summed E-state index contributed by atoms with van der Waals surface area (Å²) in [6, 6.07) is 8.70. The number of hydrogen-bond donors (Lipinski definition) is 2. The molecule has 3 aromatic rings. The highest BCUT2D eigenvalue weighted by molar-refractivity contribution is 5.95. The van der Waals surface area contributed by atoms with Crippen LogP contribution in [0, 0.1) is 18.3 Å². The number of nitriles is 1. The number of carbonyl (C=O) groups is 1. The Morgan fingerprint density at radius 3 is 2.92 bits per heavy atom. The Balaban J connectivity index is 1.96. The van der Waals surface area contributed by atoms with E-state index in [-0.39, 0.29) is 12.1 Å². The van der Waals surface area contributed by atoms with Crippen molar-refractivity contribution in [2.45, 2.75) is 13.5 Å². The summed E-state index contributed by atoms with van der Waals surface area (Å²) in [5, 5.41) is 25.1. The molecule has 0 saturated carbocycles. The Bertz CT molecular complexity index is 973. The molecule has 0 radical (unpaired) electrons. The quantitative estimate of drug-likeness (QED) is 0.736. The van der Waals surface area contributed by atoms with Crippen LogP contribution in [0.3, 0.4) is 0 Å². The third kappa shape index (κ3) is 3.45. The lowest BCUT2D eigenvalue weighted by Gasteiger charge is -2.10. The predicted molar refractivity (Wildman–Crippen MR) is 90.3 cm³/mol. The number of aromatic nitrogens is 4. The number of carboxylic acids is 1. The largest absolute Gasteiger partial charge is 0.478 e. The fourth-order valence-corrected chi connectivity index (χ4v) is 2.37. The molecule has 0 amide bonds. The van der Waals surface area contributed by atoms with Gasteiger partial charge in [0.05, 0.1) is 29.2 Å². The van der Waals surface area contributed by atoms with Crippen molar-refractivity contribution in [2.24, 2.45) is 0 Å². The molecule has 1 aromatic carbocycles. The Hall–Kier alpha value is -3.73. The monoisotopic (exact) mass is 334 g/mol. The zero-order valence-electron chi connectivity index (χ0n) is 13.3. The average Bonchev–Trinajstić information content (AvgIpc) is 3.04. The highest BCUT2D eigenvalue weighted by Crippen LogP contribution is 2.26. The summed E-state index contributed by atoms with van der Waals surface area (Å²) < 4.78 is 1.48. The van der Waals surface area contributed by atoms with Crippen molar-refractivity contribution in [2.75, 3.05) is 5.32 Å². The van der Waals surface area contributed by atoms with E-state index in [0.29, 0.717) is 22.9 Å². The lowest BCUT2D eigenvalue weighted by molar-refractivity contribution is 0.0697. The minimum atomic E-state index is -1.01. The first-order valence-corrected chi connectivity index (χ1v) is 7.41. The van der Waals surface area contributed by atoms with Gasteiger partial charge >= 0.3 is 5.97 Å². The third-order valence-electron chi connectivity index (χ3n) is 3.51. The van der Waals surface area contributed by atoms with E-state index >= 15 is 0 Å². The van der Waals surface area contributed by atoms with E-state index in [0.717, 1.165) is 5.56 Å². The molecule has 0 aliphatic carbocycles. The number of hydrogen-bond acceptors (Lipinski definition) is 6. The molecule has 25 heavy (non-hydrogen) atoms. The van der Waals surface area contributed by atoms with Gasteiger partial charge in [0.2, 0.25) is 5.95 Å². The highest BCUT2D eigenvalue weighted by Gasteiger charge is 2.15. The van der Waals surface area contributed by atoms with Crippen molar-refractivity contribution in [1.29, 1.82) is 5.26 Å². The number of aryl methyl sites for hydroxylation is 1. The Labute approximate surface area is 143 Å². The number of rotatable bonds is 5. The molecule has 0 aliphatic rings. The van der Waals surface area contributed by atoms with Gasteiger partial charge in [-0.15, -0.1) is 0 Å². The molecule has 0 atom stereocenters. The summed E-state index contributed by atoms with van der Waals surface area (Å²) in [6.45, 7) is 1.97. The normalized spacial score (nSPS) is 10.2. The number of nitrogens with one attached hydrogen (secondary N) is 1. The van der Waals surface area contributed by atoms with E-state index in [2.05, 4.69) is 20.4 Å². The maximum Gasteiger partial charge on any atom is 0.336 e. The molecule has 0 aliphatic heterocycles. The van der Waals surface area contributed by atoms with E-state index in [1.54, 1.807) is 36.8 Å². The summed E-state index contributed by atoms with van der Waals surface area (Å²) in [6.07, 6.45) is 4.85. The van der Waals surface area contributed by atoms with Crippen molar-refractivity contribution in [3.05, 3.63) is 54.0 Å². The molecule has 3 rings (SSSR count). The third-order valence-corrected chi connectivity index (χ3v) is 3.51. The van der Waals surface area contributed by atoms with Crippen molar-refractivity contribution in [1.82, 2.24) is 19.7 Å². The lowest BCUT2D eigenvalue weighted by atomic mass is 10.0. The molecular weight excluding hydrogens is 320 g/mol. The molecule has 8 heteroatoms. The van der Waals surface area contributed by atoms with Crippen LogP contribution in [0.5, 0.6) is 0 Å². The van der Waals surface area contributed by atoms with E-state index in [4.69, 9.17) is 5.26 Å². The first kappa shape index (κ1) is 16.1. The number of nitrogens with zero attached hydrogens (tertiary/aromatic N) is 5. The van der Waals surface area contributed by atoms with Gasteiger partial charge in [-0.3, -0.25) is 4.68 Å². The summed E-state index contributed by atoms with van der Waals surface area (Å²) in [4.78, 5) is 20.1. The number of benzene rings is 1. The van der Waals surface area contributed by atoms with Gasteiger partial charge in [-0.1, -0.05) is 18.2 Å². The molecule has 0 unspecified atom stereocenters. The van der Waals surface area contributed by atoms with Gasteiger partial charge in [0.25, 0.3) is 0 Å². The maximum atomic E-state index is 11.5. The number of anilines is 2. The molecule has 0 saturated heterocycles. The van der Waals surface area contributed by atoms with E-state index in [1.807, 2.05) is 13.0 Å². The van der Waals surface area contributed by atoms with Crippen LogP contribution >= 0.6 is 0 Å². The molecular formula is C17H14N6O2. The molecule has 0 fully saturated rings. The highest BCUT2D eigenvalue weighted by atomic mass is 16.4. The van der Waals surface area contributed by atoms with Crippen LogP contribution in [0.4, 0.5) is 11.6 Å². The van der Waals surface area contributed by atoms with Gasteiger partial charge in [0.1, 0.15) is 6.54 Å². The first-order valence-electron chi connectivity index (χ1n) is 7.41. The van der Waals surface area contributed by atoms with Crippen LogP contribution in [-0.4, -0.2) is 30.8 Å². The zero-order chi connectivity index (χ0) is 17.8. The Morgan fingerprint density at radius 2 is 2.16 bits per heavy atom. The van der Waals surface area contributed by atoms with E-state index < -0.39 is 5.97 Å². The Kier molecular flexibility index (Phi) is 4.39. The van der Waals surface area contributed by atoms with Crippen LogP contribution < -0.4 is 5.32 Å². The Morgan fingerprint density at radius 1 is 1.36 bits per heavy atom. The molecule has 2 heterocycles. The SMILES string of the molecule is Cc1cnc(Nc2cnn(CC#N)c2)nc1-c1ccccc1C(=O)O. The molecule has 8 nitrogen and oxygen atoms in total. The minimum Gasteiger partial charge on any atom is -0.478 e. The molecule has 124 valence electrons. The summed E-state index contributed by atoms with van der Waals surface area (Å²) in [7, 11) is 0. The van der Waals surface area contributed by atoms with Gasteiger partial charge in [-0.05, 0) is 18.6 Å². The van der Waals surface area contributed by atoms with Gasteiger partial charge < -0.3 is 10.4 Å². The average molecular weight is 334 g/mol. The van der Waals surface area contributed by atoms with Crippen LogP contribution in [0.1, 0.15) is 15.9 Å². The molecule has 0 spiro atoms. The smallest absolute Gasteiger partial charge is 0.336 e. The predicted octanol–water partition coefficient (Wildman–Crippen LogP) is 2.61. The van der Waals surface area contributed by atoms with Crippen LogP contribution in [-0.2, 0) is 6.54 Å². The van der Waals surface area contributed by atoms with Crippen molar-refractivity contribution >= 4 is 17.6 Å². The standard InChI is InChI=1S/C17H14N6O2/c1-11-8-19-17(21-12-9-20-23(10-12)7-6-18)22-15(11)13-4-2-3-5-14(13)16(24)25/h2-5,8-10H,7H2,1H3,(H,24,25)(H,19,21,22). The van der Waals surface area contributed by atoms with Crippen LogP contribution in [0.15, 0.2) is 42.9 Å². The summed E-state index contributed by atoms with van der Waals surface area (Å²) in [5.41, 5.74) is 2.64. The maximum absolute atomic E-state index is 11.5. The summed E-state index contributed by atoms with van der Waals surface area (Å²) >= 11 is 0. The van der Waals surface area contributed by atoms with E-state index in [9.17, 15) is 9.90 Å². The van der Waals surface area contributed by atoms with Crippen LogP contribution in [0.25, 0.3) is 11.3 Å². The summed E-state index contributed by atoms with van der Waals surface area (Å²) in [5.74, 6) is -0.696. The number of aromatic carboxylic acids is 1. The van der Waals surface area contributed by atoms with Gasteiger partial charge in [0, 0.05) is 18.0 Å². The van der Waals surface area contributed by atoms with Gasteiger partial charge in [0.15, 0.2) is 0 Å².